The Morgan fingerprint density at radius 3 is 2.55 bits per heavy atom. The van der Waals surface area contributed by atoms with E-state index in [0.29, 0.717) is 22.9 Å². The summed E-state index contributed by atoms with van der Waals surface area (Å²) >= 11 is 0. The monoisotopic (exact) mass is 415 g/mol. The number of benzene rings is 2. The Labute approximate surface area is 179 Å². The topological polar surface area (TPSA) is 97.4 Å². The highest BCUT2D eigenvalue weighted by molar-refractivity contribution is 6.08. The van der Waals surface area contributed by atoms with Gasteiger partial charge >= 0.3 is 12.0 Å². The molecule has 0 unspecified atom stereocenters. The maximum absolute atomic E-state index is 13.0. The summed E-state index contributed by atoms with van der Waals surface area (Å²) in [6.45, 7) is -0.551. The lowest BCUT2D eigenvalue weighted by molar-refractivity contribution is -0.123. The summed E-state index contributed by atoms with van der Waals surface area (Å²) in [4.78, 5) is 40.9. The third kappa shape index (κ3) is 4.30. The fourth-order valence-corrected chi connectivity index (χ4v) is 3.69. The minimum absolute atomic E-state index is 0.421. The molecule has 31 heavy (non-hydrogen) atoms. The fourth-order valence-electron chi connectivity index (χ4n) is 3.69. The third-order valence-electron chi connectivity index (χ3n) is 5.10. The lowest BCUT2D eigenvalue weighted by Gasteiger charge is -2.12. The quantitative estimate of drug-likeness (QED) is 0.637. The van der Waals surface area contributed by atoms with E-state index in [2.05, 4.69) is 16.7 Å². The molecule has 2 N–H and O–H groups in total. The molecule has 1 aromatic heterocycles. The van der Waals surface area contributed by atoms with Crippen molar-refractivity contribution in [1.29, 1.82) is 0 Å². The van der Waals surface area contributed by atoms with Gasteiger partial charge in [0.05, 0.1) is 16.8 Å². The van der Waals surface area contributed by atoms with Gasteiger partial charge in [0.1, 0.15) is 0 Å². The smallest absolute Gasteiger partial charge is 0.339 e. The van der Waals surface area contributed by atoms with Crippen LogP contribution in [0.4, 0.5) is 4.79 Å². The molecule has 1 aliphatic carbocycles. The number of nitrogens with zero attached hydrogens (tertiary/aromatic N) is 1. The van der Waals surface area contributed by atoms with Crippen LogP contribution in [0.3, 0.4) is 0 Å². The number of hydrogen-bond donors (Lipinski definition) is 2. The normalized spacial score (nSPS) is 13.6. The van der Waals surface area contributed by atoms with Crippen LogP contribution in [0.1, 0.15) is 33.6 Å². The van der Waals surface area contributed by atoms with Gasteiger partial charge in [-0.05, 0) is 41.7 Å². The largest absolute Gasteiger partial charge is 0.452 e. The Morgan fingerprint density at radius 1 is 1.03 bits per heavy atom. The van der Waals surface area contributed by atoms with E-state index in [0.717, 1.165) is 28.8 Å². The van der Waals surface area contributed by atoms with Gasteiger partial charge in [0.2, 0.25) is 0 Å². The van der Waals surface area contributed by atoms with Crippen LogP contribution in [0, 0.1) is 0 Å². The molecule has 7 heteroatoms. The maximum atomic E-state index is 13.0. The van der Waals surface area contributed by atoms with Crippen LogP contribution in [0.25, 0.3) is 22.6 Å². The summed E-state index contributed by atoms with van der Waals surface area (Å²) < 4.78 is 5.24. The number of para-hydroxylation sites is 1. The molecule has 0 spiro atoms. The number of pyridine rings is 1. The Morgan fingerprint density at radius 2 is 1.77 bits per heavy atom. The van der Waals surface area contributed by atoms with Crippen LogP contribution in [0.5, 0.6) is 0 Å². The van der Waals surface area contributed by atoms with Gasteiger partial charge in [-0.25, -0.2) is 14.6 Å². The summed E-state index contributed by atoms with van der Waals surface area (Å²) in [5.41, 5.74) is 4.82. The van der Waals surface area contributed by atoms with Crippen LogP contribution >= 0.6 is 0 Å². The van der Waals surface area contributed by atoms with Crippen molar-refractivity contribution in [2.75, 3.05) is 13.7 Å². The maximum Gasteiger partial charge on any atom is 0.339 e. The van der Waals surface area contributed by atoms with Crippen LogP contribution in [0.2, 0.25) is 0 Å². The second kappa shape index (κ2) is 8.79. The van der Waals surface area contributed by atoms with Gasteiger partial charge in [0.25, 0.3) is 5.91 Å². The molecule has 0 saturated carbocycles. The number of fused-ring (bicyclic) bond motifs is 2. The van der Waals surface area contributed by atoms with Crippen molar-refractivity contribution in [2.45, 2.75) is 12.8 Å². The number of rotatable bonds is 4. The Kier molecular flexibility index (Phi) is 5.75. The summed E-state index contributed by atoms with van der Waals surface area (Å²) in [5.74, 6) is -1.31. The van der Waals surface area contributed by atoms with Crippen molar-refractivity contribution in [3.63, 3.8) is 0 Å². The second-order valence-electron chi connectivity index (χ2n) is 7.11. The molecule has 0 aliphatic heterocycles. The first-order chi connectivity index (χ1) is 15.1. The number of ether oxygens (including phenoxy) is 1. The highest BCUT2D eigenvalue weighted by Crippen LogP contribution is 2.37. The van der Waals surface area contributed by atoms with Gasteiger partial charge < -0.3 is 10.1 Å². The van der Waals surface area contributed by atoms with Gasteiger partial charge in [-0.2, -0.15) is 0 Å². The van der Waals surface area contributed by atoms with Gasteiger partial charge in [-0.1, -0.05) is 48.5 Å². The summed E-state index contributed by atoms with van der Waals surface area (Å²) in [6.07, 6.45) is 3.49. The van der Waals surface area contributed by atoms with Gasteiger partial charge in [-0.3, -0.25) is 10.1 Å². The number of amides is 3. The molecule has 0 atom stereocenters. The van der Waals surface area contributed by atoms with E-state index in [9.17, 15) is 14.4 Å². The number of urea groups is 1. The van der Waals surface area contributed by atoms with E-state index in [1.807, 2.05) is 54.6 Å². The van der Waals surface area contributed by atoms with E-state index in [-0.39, 0.29) is 0 Å². The average Bonchev–Trinajstić information content (AvgIpc) is 3.18. The minimum Gasteiger partial charge on any atom is -0.452 e. The number of allylic oxidation sites excluding steroid dienone is 1. The van der Waals surface area contributed by atoms with Crippen LogP contribution in [0.15, 0.2) is 54.6 Å². The minimum atomic E-state index is -0.702. The summed E-state index contributed by atoms with van der Waals surface area (Å²) in [7, 11) is 1.39. The van der Waals surface area contributed by atoms with E-state index < -0.39 is 24.5 Å². The number of esters is 1. The average molecular weight is 415 g/mol. The number of hydrogen-bond acceptors (Lipinski definition) is 5. The number of carbonyl (C=O) groups excluding carboxylic acids is 3. The first-order valence-electron chi connectivity index (χ1n) is 9.93. The molecule has 2 aromatic carbocycles. The standard InChI is InChI=1S/C24H21N3O4/c1-25-24(30)27-20(28)14-31-23(29)21-17-9-5-6-10-19(17)26-22-16(11-12-18(21)22)13-15-7-3-2-4-8-15/h2-10,13H,11-12,14H2,1H3,(H2,25,27,28,30). The van der Waals surface area contributed by atoms with Crippen molar-refractivity contribution in [3.8, 4) is 0 Å². The van der Waals surface area contributed by atoms with E-state index in [1.165, 1.54) is 7.05 Å². The summed E-state index contributed by atoms with van der Waals surface area (Å²) in [5, 5.41) is 5.02. The van der Waals surface area contributed by atoms with Gasteiger partial charge in [0, 0.05) is 12.4 Å². The van der Waals surface area contributed by atoms with E-state index in [1.54, 1.807) is 0 Å². The van der Waals surface area contributed by atoms with Crippen molar-refractivity contribution in [2.24, 2.45) is 0 Å². The van der Waals surface area contributed by atoms with Gasteiger partial charge in [-0.15, -0.1) is 0 Å². The highest BCUT2D eigenvalue weighted by Gasteiger charge is 2.28. The highest BCUT2D eigenvalue weighted by atomic mass is 16.5. The zero-order chi connectivity index (χ0) is 21.8. The molecular weight excluding hydrogens is 394 g/mol. The SMILES string of the molecule is CNC(=O)NC(=O)COC(=O)c1c2c(nc3ccccc13)C(=Cc1ccccc1)CC2. The Hall–Kier alpha value is -4.00. The van der Waals surface area contributed by atoms with E-state index >= 15 is 0 Å². The van der Waals surface area contributed by atoms with Crippen molar-refractivity contribution >= 4 is 40.5 Å². The Balaban J connectivity index is 1.69. The molecular formula is C24H21N3O4. The van der Waals surface area contributed by atoms with Crippen molar-refractivity contribution in [1.82, 2.24) is 15.6 Å². The molecule has 3 aromatic rings. The Bertz CT molecular complexity index is 1200. The molecule has 0 fully saturated rings. The lowest BCUT2D eigenvalue weighted by atomic mass is 10.0. The van der Waals surface area contributed by atoms with Gasteiger partial charge in [0.15, 0.2) is 6.61 Å². The molecule has 0 radical (unpaired) electrons. The lowest BCUT2D eigenvalue weighted by Crippen LogP contribution is -2.39. The molecule has 7 nitrogen and oxygen atoms in total. The zero-order valence-electron chi connectivity index (χ0n) is 17.0. The molecule has 0 saturated heterocycles. The predicted molar refractivity (Wildman–Crippen MR) is 117 cm³/mol. The predicted octanol–water partition coefficient (Wildman–Crippen LogP) is 3.33. The first-order valence-corrected chi connectivity index (χ1v) is 9.93. The number of imide groups is 1. The van der Waals surface area contributed by atoms with Crippen LogP contribution in [-0.2, 0) is 16.0 Å². The first kappa shape index (κ1) is 20.3. The fraction of sp³-hybridized carbons (Fsp3) is 0.167. The van der Waals surface area contributed by atoms with Crippen LogP contribution < -0.4 is 10.6 Å². The van der Waals surface area contributed by atoms with Crippen molar-refractivity contribution < 1.29 is 19.1 Å². The summed E-state index contributed by atoms with van der Waals surface area (Å²) in [6, 6.07) is 16.7. The zero-order valence-corrected chi connectivity index (χ0v) is 17.0. The molecule has 1 aliphatic rings. The molecule has 156 valence electrons. The molecule has 3 amide bonds. The molecule has 1 heterocycles. The van der Waals surface area contributed by atoms with Crippen molar-refractivity contribution in [3.05, 3.63) is 77.0 Å². The number of nitrogens with one attached hydrogen (secondary N) is 2. The third-order valence-corrected chi connectivity index (χ3v) is 5.10. The number of aromatic nitrogens is 1. The number of carbonyl (C=O) groups is 3. The second-order valence-corrected chi connectivity index (χ2v) is 7.11. The molecule has 4 rings (SSSR count). The van der Waals surface area contributed by atoms with E-state index in [4.69, 9.17) is 9.72 Å². The molecule has 0 bridgehead atoms. The van der Waals surface area contributed by atoms with Crippen LogP contribution in [-0.4, -0.2) is 36.5 Å².